The average Bonchev–Trinajstić information content (AvgIpc) is 3.71. The van der Waals surface area contributed by atoms with Gasteiger partial charge in [-0.05, 0) is 64.0 Å². The lowest BCUT2D eigenvalue weighted by Crippen LogP contribution is -2.49. The largest absolute Gasteiger partial charge is 0.457 e. The highest BCUT2D eigenvalue weighted by Crippen LogP contribution is 2.37. The Hall–Kier alpha value is -4.86. The smallest absolute Gasteiger partial charge is 0.264 e. The number of amides is 1. The quantitative estimate of drug-likeness (QED) is 0.209. The van der Waals surface area contributed by atoms with Crippen LogP contribution in [0.5, 0.6) is 11.5 Å². The first-order valence-electron chi connectivity index (χ1n) is 15.5. The van der Waals surface area contributed by atoms with Crippen molar-refractivity contribution >= 4 is 22.8 Å². The predicted octanol–water partition coefficient (Wildman–Crippen LogP) is 5.12. The number of carbonyl (C=O) groups excluding carboxylic acids is 1. The fourth-order valence-electron chi connectivity index (χ4n) is 6.43. The SMILES string of the molecule is CC(C1CCCN1C(=O)C(C#N)=CC(C)(C)N1CCOCC1)n1nc(-c2ccc(Oc3ccccc3)cc2F)c2c(N)ncnc21. The van der Waals surface area contributed by atoms with E-state index < -0.39 is 11.4 Å². The van der Waals surface area contributed by atoms with E-state index in [0.29, 0.717) is 54.4 Å². The molecule has 2 aliphatic rings. The van der Waals surface area contributed by atoms with Crippen LogP contribution in [0.15, 0.2) is 66.5 Å². The van der Waals surface area contributed by atoms with Gasteiger partial charge in [-0.15, -0.1) is 0 Å². The molecule has 46 heavy (non-hydrogen) atoms. The fourth-order valence-corrected chi connectivity index (χ4v) is 6.43. The lowest BCUT2D eigenvalue weighted by Gasteiger charge is -2.39. The minimum atomic E-state index is -0.541. The monoisotopic (exact) mass is 624 g/mol. The van der Waals surface area contributed by atoms with Crippen LogP contribution in [-0.4, -0.2) is 79.9 Å². The van der Waals surface area contributed by atoms with Crippen molar-refractivity contribution in [1.82, 2.24) is 29.5 Å². The number of halogens is 1. The highest BCUT2D eigenvalue weighted by Gasteiger charge is 2.38. The number of anilines is 1. The summed E-state index contributed by atoms with van der Waals surface area (Å²) < 4.78 is 28.7. The zero-order chi connectivity index (χ0) is 32.4. The lowest BCUT2D eigenvalue weighted by molar-refractivity contribution is -0.128. The number of nitrogens with zero attached hydrogens (tertiary/aromatic N) is 7. The first-order chi connectivity index (χ1) is 22.2. The molecule has 0 radical (unpaired) electrons. The Bertz CT molecular complexity index is 1810. The van der Waals surface area contributed by atoms with Gasteiger partial charge in [-0.25, -0.2) is 19.0 Å². The second-order valence-electron chi connectivity index (χ2n) is 12.2. The summed E-state index contributed by atoms with van der Waals surface area (Å²) in [6.07, 6.45) is 4.59. The van der Waals surface area contributed by atoms with Crippen molar-refractivity contribution in [3.8, 4) is 28.8 Å². The maximum absolute atomic E-state index is 15.7. The third-order valence-electron chi connectivity index (χ3n) is 8.87. The van der Waals surface area contributed by atoms with Crippen LogP contribution >= 0.6 is 0 Å². The molecule has 2 N–H and O–H groups in total. The molecule has 2 unspecified atom stereocenters. The Morgan fingerprint density at radius 3 is 2.63 bits per heavy atom. The second-order valence-corrected chi connectivity index (χ2v) is 12.2. The molecule has 0 spiro atoms. The molecule has 238 valence electrons. The number of nitriles is 1. The van der Waals surface area contributed by atoms with Gasteiger partial charge < -0.3 is 20.1 Å². The van der Waals surface area contributed by atoms with Crippen molar-refractivity contribution in [3.63, 3.8) is 0 Å². The van der Waals surface area contributed by atoms with Crippen molar-refractivity contribution in [2.24, 2.45) is 0 Å². The number of morpholine rings is 1. The van der Waals surface area contributed by atoms with Gasteiger partial charge in [0.05, 0.1) is 30.7 Å². The highest BCUT2D eigenvalue weighted by molar-refractivity contribution is 5.99. The summed E-state index contributed by atoms with van der Waals surface area (Å²) in [4.78, 5) is 26.5. The normalized spacial score (nSPS) is 18.5. The van der Waals surface area contributed by atoms with Gasteiger partial charge in [0.2, 0.25) is 0 Å². The van der Waals surface area contributed by atoms with E-state index in [0.717, 1.165) is 19.5 Å². The van der Waals surface area contributed by atoms with Gasteiger partial charge in [0.15, 0.2) is 5.65 Å². The van der Waals surface area contributed by atoms with Crippen molar-refractivity contribution in [3.05, 3.63) is 72.3 Å². The van der Waals surface area contributed by atoms with Gasteiger partial charge in [-0.1, -0.05) is 18.2 Å². The minimum absolute atomic E-state index is 0.105. The summed E-state index contributed by atoms with van der Waals surface area (Å²) in [5, 5.41) is 15.3. The van der Waals surface area contributed by atoms with Gasteiger partial charge in [0.25, 0.3) is 5.91 Å². The minimum Gasteiger partial charge on any atom is -0.457 e. The van der Waals surface area contributed by atoms with E-state index in [1.54, 1.807) is 39.9 Å². The maximum atomic E-state index is 15.7. The lowest BCUT2D eigenvalue weighted by atomic mass is 9.97. The molecular weight excluding hydrogens is 587 g/mol. The summed E-state index contributed by atoms with van der Waals surface area (Å²) in [5.74, 6) is 0.240. The van der Waals surface area contributed by atoms with E-state index in [4.69, 9.17) is 20.3 Å². The number of likely N-dealkylation sites (tertiary alicyclic amines) is 1. The number of carbonyl (C=O) groups is 1. The molecule has 4 heterocycles. The Morgan fingerprint density at radius 2 is 1.91 bits per heavy atom. The first kappa shape index (κ1) is 31.1. The number of fused-ring (bicyclic) bond motifs is 1. The van der Waals surface area contributed by atoms with Crippen molar-refractivity contribution in [1.29, 1.82) is 5.26 Å². The molecule has 12 heteroatoms. The number of hydrogen-bond donors (Lipinski definition) is 1. The van der Waals surface area contributed by atoms with Gasteiger partial charge >= 0.3 is 0 Å². The molecule has 0 saturated carbocycles. The van der Waals surface area contributed by atoms with E-state index in [2.05, 4.69) is 20.9 Å². The van der Waals surface area contributed by atoms with Gasteiger partial charge in [-0.2, -0.15) is 10.4 Å². The molecule has 0 aliphatic carbocycles. The number of nitrogen functional groups attached to an aromatic ring is 1. The number of aromatic nitrogens is 4. The van der Waals surface area contributed by atoms with Crippen LogP contribution in [-0.2, 0) is 9.53 Å². The zero-order valence-electron chi connectivity index (χ0n) is 26.2. The van der Waals surface area contributed by atoms with Crippen molar-refractivity contribution in [2.45, 2.75) is 51.2 Å². The number of benzene rings is 2. The molecule has 2 aromatic heterocycles. The molecule has 2 saturated heterocycles. The first-order valence-corrected chi connectivity index (χ1v) is 15.5. The Morgan fingerprint density at radius 1 is 1.15 bits per heavy atom. The molecular formula is C34H37FN8O3. The standard InChI is InChI=1S/C34H37FN8O3/c1-22(28-10-7-13-42(28)33(44)23(20-36)19-34(2,3)41-14-16-45-17-15-41)43-32-29(31(37)38-21-39-32)30(40-43)26-12-11-25(18-27(26)35)46-24-8-5-4-6-9-24/h4-6,8-9,11-12,18-19,21-22,28H,7,10,13-17H2,1-3H3,(H2,37,38,39). The summed E-state index contributed by atoms with van der Waals surface area (Å²) in [7, 11) is 0. The van der Waals surface area contributed by atoms with E-state index in [9.17, 15) is 10.1 Å². The van der Waals surface area contributed by atoms with Crippen LogP contribution in [0.1, 0.15) is 39.7 Å². The molecule has 11 nitrogen and oxygen atoms in total. The van der Waals surface area contributed by atoms with E-state index in [1.165, 1.54) is 12.4 Å². The molecule has 0 bridgehead atoms. The summed E-state index contributed by atoms with van der Waals surface area (Å²) in [5.41, 5.74) is 6.88. The molecule has 2 atom stereocenters. The summed E-state index contributed by atoms with van der Waals surface area (Å²) in [6, 6.07) is 15.2. The van der Waals surface area contributed by atoms with Gasteiger partial charge in [0.1, 0.15) is 46.8 Å². The van der Waals surface area contributed by atoms with E-state index in [-0.39, 0.29) is 34.9 Å². The van der Waals surface area contributed by atoms with Gasteiger partial charge in [-0.3, -0.25) is 9.69 Å². The number of nitrogens with two attached hydrogens (primary N) is 1. The second kappa shape index (κ2) is 12.9. The third-order valence-corrected chi connectivity index (χ3v) is 8.87. The number of ether oxygens (including phenoxy) is 2. The number of hydrogen-bond acceptors (Lipinski definition) is 9. The Balaban J connectivity index is 1.31. The fraction of sp³-hybridized carbons (Fsp3) is 0.382. The van der Waals surface area contributed by atoms with Crippen molar-refractivity contribution < 1.29 is 18.7 Å². The van der Waals surface area contributed by atoms with E-state index >= 15 is 4.39 Å². The Kier molecular flexibility index (Phi) is 8.71. The molecule has 2 aliphatic heterocycles. The molecule has 6 rings (SSSR count). The predicted molar refractivity (Wildman–Crippen MR) is 171 cm³/mol. The molecule has 4 aromatic rings. The average molecular weight is 625 g/mol. The molecule has 2 fully saturated rings. The van der Waals surface area contributed by atoms with Crippen LogP contribution < -0.4 is 10.5 Å². The molecule has 1 amide bonds. The highest BCUT2D eigenvalue weighted by atomic mass is 19.1. The summed E-state index contributed by atoms with van der Waals surface area (Å²) in [6.45, 7) is 9.15. The van der Waals surface area contributed by atoms with Crippen LogP contribution in [0, 0.1) is 17.1 Å². The van der Waals surface area contributed by atoms with E-state index in [1.807, 2.05) is 39.0 Å². The third kappa shape index (κ3) is 6.03. The summed E-state index contributed by atoms with van der Waals surface area (Å²) >= 11 is 0. The topological polar surface area (TPSA) is 135 Å². The Labute approximate surface area is 267 Å². The maximum Gasteiger partial charge on any atom is 0.264 e. The van der Waals surface area contributed by atoms with Crippen LogP contribution in [0.3, 0.4) is 0 Å². The van der Waals surface area contributed by atoms with Gasteiger partial charge in [0, 0.05) is 36.8 Å². The number of rotatable bonds is 8. The zero-order valence-corrected chi connectivity index (χ0v) is 26.2. The molecule has 2 aromatic carbocycles. The van der Waals surface area contributed by atoms with Crippen molar-refractivity contribution in [2.75, 3.05) is 38.6 Å². The van der Waals surface area contributed by atoms with Crippen LogP contribution in [0.25, 0.3) is 22.3 Å². The van der Waals surface area contributed by atoms with Crippen LogP contribution in [0.2, 0.25) is 0 Å². The number of para-hydroxylation sites is 1. The van der Waals surface area contributed by atoms with Crippen LogP contribution in [0.4, 0.5) is 10.2 Å².